The maximum atomic E-state index is 12.6. The normalized spacial score (nSPS) is 20.3. The molecule has 28 heavy (non-hydrogen) atoms. The monoisotopic (exact) mass is 380 g/mol. The molecule has 7 nitrogen and oxygen atoms in total. The van der Waals surface area contributed by atoms with Crippen LogP contribution in [0.1, 0.15) is 18.4 Å². The highest BCUT2D eigenvalue weighted by atomic mass is 16.5. The van der Waals surface area contributed by atoms with Crippen molar-refractivity contribution >= 4 is 17.5 Å². The van der Waals surface area contributed by atoms with E-state index < -0.39 is 0 Å². The molecule has 0 radical (unpaired) electrons. The maximum absolute atomic E-state index is 12.6. The van der Waals surface area contributed by atoms with Gasteiger partial charge < -0.3 is 26.1 Å². The van der Waals surface area contributed by atoms with Crippen LogP contribution in [-0.2, 0) is 20.9 Å². The fourth-order valence-electron chi connectivity index (χ4n) is 3.07. The van der Waals surface area contributed by atoms with Gasteiger partial charge >= 0.3 is 0 Å². The number of amides is 2. The second-order valence-electron chi connectivity index (χ2n) is 6.62. The van der Waals surface area contributed by atoms with Crippen LogP contribution in [0.4, 0.5) is 0 Å². The van der Waals surface area contributed by atoms with Gasteiger partial charge in [0.25, 0.3) is 5.91 Å². The van der Waals surface area contributed by atoms with Gasteiger partial charge in [0, 0.05) is 31.6 Å². The van der Waals surface area contributed by atoms with Gasteiger partial charge in [-0.2, -0.15) is 0 Å². The molecule has 1 heterocycles. The second-order valence-corrected chi connectivity index (χ2v) is 6.62. The topological polar surface area (TPSA) is 103 Å². The van der Waals surface area contributed by atoms with Crippen LogP contribution in [0.5, 0.6) is 0 Å². The molecule has 1 aliphatic carbocycles. The molecule has 0 spiro atoms. The fourth-order valence-corrected chi connectivity index (χ4v) is 3.07. The summed E-state index contributed by atoms with van der Waals surface area (Å²) in [4.78, 5) is 23.9. The fraction of sp³-hybridized carbons (Fsp3) is 0.286. The summed E-state index contributed by atoms with van der Waals surface area (Å²) in [6.07, 6.45) is 6.21. The Morgan fingerprint density at radius 3 is 2.75 bits per heavy atom. The first kappa shape index (κ1) is 19.4. The van der Waals surface area contributed by atoms with E-state index in [1.54, 1.807) is 25.3 Å². The van der Waals surface area contributed by atoms with Gasteiger partial charge in [-0.3, -0.25) is 9.59 Å². The molecule has 4 N–H and O–H groups in total. The number of hydrogen-bond donors (Lipinski definition) is 4. The predicted octanol–water partition coefficient (Wildman–Crippen LogP) is 1.54. The van der Waals surface area contributed by atoms with E-state index in [1.807, 2.05) is 30.3 Å². The van der Waals surface area contributed by atoms with Crippen molar-refractivity contribution in [2.24, 2.45) is 0 Å². The van der Waals surface area contributed by atoms with Crippen molar-refractivity contribution in [1.82, 2.24) is 16.0 Å². The number of hydrogen-bond acceptors (Lipinski definition) is 5. The smallest absolute Gasteiger partial charge is 0.268 e. The van der Waals surface area contributed by atoms with Crippen LogP contribution in [-0.4, -0.2) is 37.2 Å². The highest BCUT2D eigenvalue weighted by molar-refractivity contribution is 6.14. The van der Waals surface area contributed by atoms with E-state index in [2.05, 4.69) is 16.0 Å². The molecule has 0 saturated carbocycles. The molecule has 2 aliphatic rings. The van der Waals surface area contributed by atoms with Crippen LogP contribution >= 0.6 is 0 Å². The lowest BCUT2D eigenvalue weighted by Gasteiger charge is -2.18. The summed E-state index contributed by atoms with van der Waals surface area (Å²) in [5, 5.41) is 16.7. The summed E-state index contributed by atoms with van der Waals surface area (Å²) in [7, 11) is 1.64. The van der Waals surface area contributed by atoms with Gasteiger partial charge in [0.1, 0.15) is 18.1 Å². The summed E-state index contributed by atoms with van der Waals surface area (Å²) < 4.78 is 5.81. The molecular formula is C21H24N4O3. The lowest BCUT2D eigenvalue weighted by Crippen LogP contribution is -2.41. The van der Waals surface area contributed by atoms with E-state index in [4.69, 9.17) is 10.1 Å². The van der Waals surface area contributed by atoms with E-state index >= 15 is 0 Å². The Balaban J connectivity index is 1.68. The third kappa shape index (κ3) is 4.88. The molecule has 1 aromatic carbocycles. The van der Waals surface area contributed by atoms with Crippen molar-refractivity contribution in [2.75, 3.05) is 13.6 Å². The lowest BCUT2D eigenvalue weighted by molar-refractivity contribution is -0.120. The number of nitrogens with one attached hydrogen (secondary N) is 4. The highest BCUT2D eigenvalue weighted by Gasteiger charge is 2.23. The van der Waals surface area contributed by atoms with Crippen molar-refractivity contribution in [2.45, 2.75) is 25.5 Å². The Hall–Kier alpha value is -3.35. The van der Waals surface area contributed by atoms with Crippen LogP contribution in [0.2, 0.25) is 0 Å². The standard InChI is InChI=1S/C21H24N4O3/c1-23-20(21(27)24-12-15-7-10-19(26)25-15)17-11-16(8-9-18(17)22)28-13-14-5-3-2-4-6-14/h2-6,8-9,11,15,22-23H,7,10,12-13H2,1H3,(H,24,27)(H,25,26)/b20-17-,22-18?. The molecule has 1 unspecified atom stereocenters. The van der Waals surface area contributed by atoms with Gasteiger partial charge in [0.2, 0.25) is 5.91 Å². The minimum absolute atomic E-state index is 0.00813. The van der Waals surface area contributed by atoms with Gasteiger partial charge in [0.15, 0.2) is 0 Å². The zero-order valence-corrected chi connectivity index (χ0v) is 15.7. The Morgan fingerprint density at radius 2 is 2.07 bits per heavy atom. The molecule has 1 aromatic rings. The molecule has 2 amide bonds. The number of carbonyl (C=O) groups is 2. The highest BCUT2D eigenvalue weighted by Crippen LogP contribution is 2.18. The Morgan fingerprint density at radius 1 is 1.29 bits per heavy atom. The quantitative estimate of drug-likeness (QED) is 0.539. The van der Waals surface area contributed by atoms with Gasteiger partial charge in [-0.25, -0.2) is 0 Å². The molecular weight excluding hydrogens is 356 g/mol. The third-order valence-electron chi connectivity index (χ3n) is 4.58. The molecule has 1 saturated heterocycles. The number of rotatable bonds is 7. The Bertz CT molecular complexity index is 856. The van der Waals surface area contributed by atoms with E-state index in [-0.39, 0.29) is 23.6 Å². The van der Waals surface area contributed by atoms with Gasteiger partial charge in [-0.05, 0) is 30.2 Å². The van der Waals surface area contributed by atoms with E-state index in [1.165, 1.54) is 0 Å². The van der Waals surface area contributed by atoms with Crippen LogP contribution in [0.25, 0.3) is 0 Å². The van der Waals surface area contributed by atoms with E-state index in [9.17, 15) is 9.59 Å². The predicted molar refractivity (Wildman–Crippen MR) is 106 cm³/mol. The number of carbonyl (C=O) groups excluding carboxylic acids is 2. The van der Waals surface area contributed by atoms with Crippen molar-refractivity contribution in [3.05, 3.63) is 71.2 Å². The SMILES string of the molecule is CN/C(C(=O)NCC1CCC(=O)N1)=C1/C=C(OCc2ccccc2)C=CC1=N. The van der Waals surface area contributed by atoms with Gasteiger partial charge in [0.05, 0.1) is 5.71 Å². The average Bonchev–Trinajstić information content (AvgIpc) is 3.13. The first-order valence-electron chi connectivity index (χ1n) is 9.22. The van der Waals surface area contributed by atoms with E-state index in [0.29, 0.717) is 43.0 Å². The molecule has 3 rings (SSSR count). The third-order valence-corrected chi connectivity index (χ3v) is 4.58. The maximum Gasteiger partial charge on any atom is 0.268 e. The zero-order chi connectivity index (χ0) is 19.9. The Kier molecular flexibility index (Phi) is 6.26. The summed E-state index contributed by atoms with van der Waals surface area (Å²) in [6, 6.07) is 9.73. The van der Waals surface area contributed by atoms with Crippen LogP contribution in [0.15, 0.2) is 65.6 Å². The first-order valence-corrected chi connectivity index (χ1v) is 9.22. The number of allylic oxidation sites excluding steroid dienone is 4. The molecule has 1 aliphatic heterocycles. The van der Waals surface area contributed by atoms with Gasteiger partial charge in [-0.15, -0.1) is 0 Å². The number of benzene rings is 1. The van der Waals surface area contributed by atoms with Gasteiger partial charge in [-0.1, -0.05) is 30.3 Å². The minimum atomic E-state index is -0.322. The number of likely N-dealkylation sites (N-methyl/N-ethyl adjacent to an activating group) is 1. The van der Waals surface area contributed by atoms with Crippen molar-refractivity contribution in [1.29, 1.82) is 5.41 Å². The zero-order valence-electron chi connectivity index (χ0n) is 15.7. The Labute approximate surface area is 164 Å². The van der Waals surface area contributed by atoms with Crippen molar-refractivity contribution in [3.8, 4) is 0 Å². The van der Waals surface area contributed by atoms with Crippen LogP contribution in [0, 0.1) is 5.41 Å². The van der Waals surface area contributed by atoms with Crippen LogP contribution in [0.3, 0.4) is 0 Å². The number of ether oxygens (including phenoxy) is 1. The summed E-state index contributed by atoms with van der Waals surface area (Å²) in [6.45, 7) is 0.757. The first-order chi connectivity index (χ1) is 13.6. The molecule has 7 heteroatoms. The molecule has 1 atom stereocenters. The molecule has 146 valence electrons. The molecule has 0 bridgehead atoms. The van der Waals surface area contributed by atoms with Crippen molar-refractivity contribution < 1.29 is 14.3 Å². The van der Waals surface area contributed by atoms with E-state index in [0.717, 1.165) is 5.56 Å². The minimum Gasteiger partial charge on any atom is -0.489 e. The molecule has 0 aromatic heterocycles. The lowest BCUT2D eigenvalue weighted by atomic mass is 10.0. The average molecular weight is 380 g/mol. The summed E-state index contributed by atoms with van der Waals surface area (Å²) in [5.74, 6) is 0.268. The summed E-state index contributed by atoms with van der Waals surface area (Å²) in [5.41, 5.74) is 2.01. The van der Waals surface area contributed by atoms with Crippen molar-refractivity contribution in [3.63, 3.8) is 0 Å². The molecule has 1 fully saturated rings. The second kappa shape index (κ2) is 9.03. The van der Waals surface area contributed by atoms with Crippen LogP contribution < -0.4 is 16.0 Å². The summed E-state index contributed by atoms with van der Waals surface area (Å²) >= 11 is 0. The largest absolute Gasteiger partial charge is 0.489 e.